The first-order valence-electron chi connectivity index (χ1n) is 6.63. The van der Waals surface area contributed by atoms with Gasteiger partial charge in [0, 0.05) is 11.1 Å². The van der Waals surface area contributed by atoms with Crippen LogP contribution in [0.4, 0.5) is 0 Å². The molecule has 6 nitrogen and oxygen atoms in total. The third kappa shape index (κ3) is 3.51. The third-order valence-electron chi connectivity index (χ3n) is 2.92. The number of hydrazone groups is 1. The third-order valence-corrected chi connectivity index (χ3v) is 3.88. The van der Waals surface area contributed by atoms with Crippen LogP contribution in [0.3, 0.4) is 0 Å². The maximum absolute atomic E-state index is 11.9. The molecular weight excluding hydrogens is 300 g/mol. The first-order valence-corrected chi connectivity index (χ1v) is 7.51. The minimum absolute atomic E-state index is 0.00331. The van der Waals surface area contributed by atoms with E-state index >= 15 is 0 Å². The highest BCUT2D eigenvalue weighted by Crippen LogP contribution is 2.23. The van der Waals surface area contributed by atoms with Crippen molar-refractivity contribution < 1.29 is 9.21 Å². The maximum Gasteiger partial charge on any atom is 0.288 e. The molecule has 0 fully saturated rings. The monoisotopic (exact) mass is 314 g/mol. The largest absolute Gasteiger partial charge is 0.465 e. The smallest absolute Gasteiger partial charge is 0.288 e. The Labute approximate surface area is 131 Å². The average molecular weight is 314 g/mol. The first-order chi connectivity index (χ1) is 10.8. The minimum Gasteiger partial charge on any atom is -0.465 e. The van der Waals surface area contributed by atoms with E-state index in [0.29, 0.717) is 5.70 Å². The van der Waals surface area contributed by atoms with Gasteiger partial charge in [0.05, 0.1) is 12.3 Å². The predicted molar refractivity (Wildman–Crippen MR) is 85.8 cm³/mol. The SMILES string of the molecule is O=C(N/N=C\C=C\c1ccco1)C1=CC(c2cccs2)NN1. The normalized spacial score (nSPS) is 17.8. The molecule has 22 heavy (non-hydrogen) atoms. The lowest BCUT2D eigenvalue weighted by Gasteiger charge is -2.05. The molecule has 0 aromatic carbocycles. The van der Waals surface area contributed by atoms with Gasteiger partial charge in [-0.25, -0.2) is 10.9 Å². The van der Waals surface area contributed by atoms with Crippen molar-refractivity contribution in [1.82, 2.24) is 16.3 Å². The second-order valence-electron chi connectivity index (χ2n) is 4.44. The number of allylic oxidation sites excluding steroid dienone is 1. The number of carbonyl (C=O) groups is 1. The van der Waals surface area contributed by atoms with Crippen LogP contribution in [0.25, 0.3) is 6.08 Å². The van der Waals surface area contributed by atoms with Crippen LogP contribution in [0.2, 0.25) is 0 Å². The molecule has 7 heteroatoms. The summed E-state index contributed by atoms with van der Waals surface area (Å²) in [5.41, 5.74) is 8.80. The zero-order chi connectivity index (χ0) is 15.2. The van der Waals surface area contributed by atoms with Gasteiger partial charge in [-0.3, -0.25) is 4.79 Å². The van der Waals surface area contributed by atoms with Gasteiger partial charge < -0.3 is 9.84 Å². The van der Waals surface area contributed by atoms with Crippen LogP contribution in [0.1, 0.15) is 16.7 Å². The van der Waals surface area contributed by atoms with Crippen molar-refractivity contribution in [2.24, 2.45) is 5.10 Å². The molecule has 0 aliphatic carbocycles. The molecule has 1 atom stereocenters. The average Bonchev–Trinajstić information content (AvgIpc) is 3.26. The summed E-state index contributed by atoms with van der Waals surface area (Å²) in [4.78, 5) is 13.1. The van der Waals surface area contributed by atoms with Crippen LogP contribution >= 0.6 is 11.3 Å². The second kappa shape index (κ2) is 6.88. The molecule has 1 unspecified atom stereocenters. The fraction of sp³-hybridized carbons (Fsp3) is 0.0667. The molecule has 3 rings (SSSR count). The lowest BCUT2D eigenvalue weighted by molar-refractivity contribution is -0.117. The summed E-state index contributed by atoms with van der Waals surface area (Å²) in [5.74, 6) is 0.426. The molecule has 0 saturated carbocycles. The molecule has 112 valence electrons. The lowest BCUT2D eigenvalue weighted by Crippen LogP contribution is -2.32. The highest BCUT2D eigenvalue weighted by atomic mass is 32.1. The molecule has 3 N–H and O–H groups in total. The number of hydrazine groups is 1. The summed E-state index contributed by atoms with van der Waals surface area (Å²) in [5, 5.41) is 5.84. The molecule has 0 saturated heterocycles. The van der Waals surface area contributed by atoms with Crippen LogP contribution in [0, 0.1) is 0 Å². The number of hydrogen-bond donors (Lipinski definition) is 3. The van der Waals surface area contributed by atoms with E-state index in [1.54, 1.807) is 35.8 Å². The quantitative estimate of drug-likeness (QED) is 0.584. The van der Waals surface area contributed by atoms with Crippen molar-refractivity contribution in [3.05, 3.63) is 64.4 Å². The van der Waals surface area contributed by atoms with Crippen LogP contribution in [0.15, 0.2) is 63.3 Å². The predicted octanol–water partition coefficient (Wildman–Crippen LogP) is 2.19. The van der Waals surface area contributed by atoms with Gasteiger partial charge in [-0.15, -0.1) is 11.3 Å². The van der Waals surface area contributed by atoms with E-state index in [-0.39, 0.29) is 11.9 Å². The Morgan fingerprint density at radius 3 is 3.14 bits per heavy atom. The van der Waals surface area contributed by atoms with Gasteiger partial charge >= 0.3 is 0 Å². The van der Waals surface area contributed by atoms with Crippen LogP contribution < -0.4 is 16.3 Å². The number of nitrogens with zero attached hydrogens (tertiary/aromatic N) is 1. The number of hydrogen-bond acceptors (Lipinski definition) is 6. The van der Waals surface area contributed by atoms with Gasteiger partial charge in [0.25, 0.3) is 5.91 Å². The topological polar surface area (TPSA) is 78.7 Å². The van der Waals surface area contributed by atoms with Gasteiger partial charge in [-0.1, -0.05) is 6.07 Å². The fourth-order valence-corrected chi connectivity index (χ4v) is 2.63. The van der Waals surface area contributed by atoms with E-state index in [1.807, 2.05) is 29.7 Å². The first kappa shape index (κ1) is 14.3. The van der Waals surface area contributed by atoms with Crippen molar-refractivity contribution in [3.63, 3.8) is 0 Å². The number of nitrogens with one attached hydrogen (secondary N) is 3. The molecular formula is C15H14N4O2S. The number of rotatable bonds is 5. The fourth-order valence-electron chi connectivity index (χ4n) is 1.88. The summed E-state index contributed by atoms with van der Waals surface area (Å²) < 4.78 is 5.13. The summed E-state index contributed by atoms with van der Waals surface area (Å²) in [6, 6.07) is 7.62. The summed E-state index contributed by atoms with van der Waals surface area (Å²) >= 11 is 1.63. The van der Waals surface area contributed by atoms with Crippen molar-refractivity contribution in [3.8, 4) is 0 Å². The maximum atomic E-state index is 11.9. The number of furan rings is 1. The second-order valence-corrected chi connectivity index (χ2v) is 5.42. The zero-order valence-electron chi connectivity index (χ0n) is 11.5. The van der Waals surface area contributed by atoms with Gasteiger partial charge in [-0.05, 0) is 41.8 Å². The van der Waals surface area contributed by atoms with Gasteiger partial charge in [0.15, 0.2) is 0 Å². The summed E-state index contributed by atoms with van der Waals surface area (Å²) in [7, 11) is 0. The molecule has 1 aliphatic heterocycles. The Hall–Kier alpha value is -2.64. The van der Waals surface area contributed by atoms with E-state index in [4.69, 9.17) is 4.42 Å². The Balaban J connectivity index is 1.51. The Morgan fingerprint density at radius 2 is 2.36 bits per heavy atom. The van der Waals surface area contributed by atoms with Gasteiger partial charge in [-0.2, -0.15) is 5.10 Å². The van der Waals surface area contributed by atoms with E-state index in [1.165, 1.54) is 6.21 Å². The highest BCUT2D eigenvalue weighted by molar-refractivity contribution is 7.10. The van der Waals surface area contributed by atoms with Crippen LogP contribution in [-0.4, -0.2) is 12.1 Å². The van der Waals surface area contributed by atoms with E-state index < -0.39 is 0 Å². The van der Waals surface area contributed by atoms with Crippen molar-refractivity contribution in [2.75, 3.05) is 0 Å². The standard InChI is InChI=1S/C15H14N4O2S/c20-15(19-16-7-1-4-11-5-2-8-21-11)13-10-12(17-18-13)14-6-3-9-22-14/h1-10,12,17-18H,(H,19,20)/b4-1+,16-7-. The van der Waals surface area contributed by atoms with E-state index in [9.17, 15) is 4.79 Å². The minimum atomic E-state index is -0.297. The lowest BCUT2D eigenvalue weighted by atomic mass is 10.2. The molecule has 0 bridgehead atoms. The van der Waals surface area contributed by atoms with Gasteiger partial charge in [0.1, 0.15) is 11.5 Å². The van der Waals surface area contributed by atoms with Crippen LogP contribution in [0.5, 0.6) is 0 Å². The number of amides is 1. The van der Waals surface area contributed by atoms with Gasteiger partial charge in [0.2, 0.25) is 0 Å². The molecule has 2 aromatic rings. The molecule has 2 aromatic heterocycles. The molecule has 0 spiro atoms. The summed E-state index contributed by atoms with van der Waals surface area (Å²) in [6.45, 7) is 0. The van der Waals surface area contributed by atoms with Crippen molar-refractivity contribution in [2.45, 2.75) is 6.04 Å². The van der Waals surface area contributed by atoms with Crippen molar-refractivity contribution >= 4 is 29.5 Å². The Kier molecular flexibility index (Phi) is 4.47. The Morgan fingerprint density at radius 1 is 1.41 bits per heavy atom. The Bertz CT molecular complexity index is 702. The highest BCUT2D eigenvalue weighted by Gasteiger charge is 2.21. The van der Waals surface area contributed by atoms with E-state index in [2.05, 4.69) is 21.4 Å². The summed E-state index contributed by atoms with van der Waals surface area (Å²) in [6.07, 6.45) is 8.34. The number of thiophene rings is 1. The van der Waals surface area contributed by atoms with Crippen LogP contribution in [-0.2, 0) is 4.79 Å². The van der Waals surface area contributed by atoms with E-state index in [0.717, 1.165) is 10.6 Å². The number of carbonyl (C=O) groups excluding carboxylic acids is 1. The molecule has 1 aliphatic rings. The van der Waals surface area contributed by atoms with Crippen molar-refractivity contribution in [1.29, 1.82) is 0 Å². The molecule has 1 amide bonds. The molecule has 3 heterocycles. The molecule has 0 radical (unpaired) electrons. The zero-order valence-corrected chi connectivity index (χ0v) is 12.3.